The molecule has 0 aromatic rings. The van der Waals surface area contributed by atoms with Crippen molar-refractivity contribution in [3.8, 4) is 0 Å². The highest BCUT2D eigenvalue weighted by molar-refractivity contribution is 4.80. The first kappa shape index (κ1) is 7.76. The van der Waals surface area contributed by atoms with Gasteiger partial charge in [0.1, 0.15) is 6.67 Å². The van der Waals surface area contributed by atoms with Crippen LogP contribution in [0.2, 0.25) is 0 Å². The minimum Gasteiger partial charge on any atom is -0.286 e. The second kappa shape index (κ2) is 3.17. The first-order valence-electron chi connectivity index (χ1n) is 4.07. The zero-order valence-electron chi connectivity index (χ0n) is 6.93. The second-order valence-electron chi connectivity index (χ2n) is 2.85. The quantitative estimate of drug-likeness (QED) is 0.564. The van der Waals surface area contributed by atoms with Crippen LogP contribution in [0.4, 0.5) is 0 Å². The number of hydrogen-bond acceptors (Lipinski definition) is 1. The molecular formula is C8H17N2+. The van der Waals surface area contributed by atoms with Crippen molar-refractivity contribution in [2.75, 3.05) is 26.3 Å². The fourth-order valence-electron chi connectivity index (χ4n) is 1.36. The topological polar surface area (TPSA) is 12.0 Å². The normalized spacial score (nSPS) is 23.0. The van der Waals surface area contributed by atoms with Gasteiger partial charge in [-0.3, -0.25) is 9.80 Å². The van der Waals surface area contributed by atoms with Crippen molar-refractivity contribution in [1.82, 2.24) is 5.32 Å². The van der Waals surface area contributed by atoms with E-state index in [0.29, 0.717) is 0 Å². The lowest BCUT2D eigenvalue weighted by molar-refractivity contribution is -0.880. The van der Waals surface area contributed by atoms with Gasteiger partial charge in [-0.15, -0.1) is 0 Å². The Morgan fingerprint density at radius 1 is 1.40 bits per heavy atom. The van der Waals surface area contributed by atoms with Crippen LogP contribution in [0, 0.1) is 0 Å². The van der Waals surface area contributed by atoms with Crippen molar-refractivity contribution in [3.63, 3.8) is 0 Å². The van der Waals surface area contributed by atoms with Crippen LogP contribution in [0.1, 0.15) is 13.8 Å². The molecule has 0 radical (unpaired) electrons. The van der Waals surface area contributed by atoms with E-state index < -0.39 is 0 Å². The molecule has 0 aromatic heterocycles. The van der Waals surface area contributed by atoms with E-state index in [2.05, 4.69) is 31.4 Å². The number of rotatable bonds is 2. The summed E-state index contributed by atoms with van der Waals surface area (Å²) < 4.78 is 1.10. The third kappa shape index (κ3) is 1.39. The van der Waals surface area contributed by atoms with Crippen LogP contribution in [-0.4, -0.2) is 30.8 Å². The minimum atomic E-state index is 1.04. The lowest BCUT2D eigenvalue weighted by Crippen LogP contribution is -2.51. The van der Waals surface area contributed by atoms with Gasteiger partial charge < -0.3 is 0 Å². The summed E-state index contributed by atoms with van der Waals surface area (Å²) in [7, 11) is 0. The number of hydrogen-bond donors (Lipinski definition) is 1. The maximum absolute atomic E-state index is 3.36. The van der Waals surface area contributed by atoms with E-state index in [1.807, 2.05) is 0 Å². The molecule has 0 atom stereocenters. The molecule has 0 spiro atoms. The molecule has 1 rings (SSSR count). The van der Waals surface area contributed by atoms with Crippen LogP contribution in [0.15, 0.2) is 12.3 Å². The molecule has 1 aliphatic heterocycles. The van der Waals surface area contributed by atoms with Crippen LogP contribution < -0.4 is 5.32 Å². The molecule has 0 saturated heterocycles. The first-order valence-corrected chi connectivity index (χ1v) is 4.07. The summed E-state index contributed by atoms with van der Waals surface area (Å²) in [6.07, 6.45) is 4.53. The lowest BCUT2D eigenvalue weighted by Gasteiger charge is -2.34. The van der Waals surface area contributed by atoms with E-state index in [1.165, 1.54) is 13.1 Å². The SMILES string of the molecule is CC[N+]1(CC)C=CCNC1. The molecule has 1 heterocycles. The summed E-state index contributed by atoms with van der Waals surface area (Å²) in [5.41, 5.74) is 0. The Bertz CT molecular complexity index is 125. The Hall–Kier alpha value is -0.340. The molecule has 0 saturated carbocycles. The molecule has 0 aliphatic carbocycles. The average molecular weight is 141 g/mol. The Labute approximate surface area is 63.1 Å². The van der Waals surface area contributed by atoms with E-state index >= 15 is 0 Å². The molecule has 1 aliphatic rings. The molecule has 0 bridgehead atoms. The third-order valence-electron chi connectivity index (χ3n) is 2.37. The molecule has 0 unspecified atom stereocenters. The predicted molar refractivity (Wildman–Crippen MR) is 43.4 cm³/mol. The smallest absolute Gasteiger partial charge is 0.137 e. The summed E-state index contributed by atoms with van der Waals surface area (Å²) in [4.78, 5) is 0. The van der Waals surface area contributed by atoms with Crippen molar-refractivity contribution in [2.24, 2.45) is 0 Å². The lowest BCUT2D eigenvalue weighted by atomic mass is 10.3. The van der Waals surface area contributed by atoms with Crippen LogP contribution in [0.25, 0.3) is 0 Å². The van der Waals surface area contributed by atoms with Gasteiger partial charge in [-0.2, -0.15) is 0 Å². The van der Waals surface area contributed by atoms with Gasteiger partial charge in [-0.05, 0) is 19.9 Å². The molecule has 2 nitrogen and oxygen atoms in total. The average Bonchev–Trinajstić information content (AvgIpc) is 2.06. The van der Waals surface area contributed by atoms with Gasteiger partial charge in [0.15, 0.2) is 0 Å². The molecule has 10 heavy (non-hydrogen) atoms. The van der Waals surface area contributed by atoms with Crippen molar-refractivity contribution < 1.29 is 4.48 Å². The Morgan fingerprint density at radius 2 is 2.10 bits per heavy atom. The van der Waals surface area contributed by atoms with E-state index in [-0.39, 0.29) is 0 Å². The van der Waals surface area contributed by atoms with E-state index in [1.54, 1.807) is 0 Å². The standard InChI is InChI=1S/C8H17N2/c1-3-10(4-2)7-5-6-9-8-10/h5,7,9H,3-4,6,8H2,1-2H3/q+1. The van der Waals surface area contributed by atoms with Gasteiger partial charge in [0.05, 0.1) is 19.3 Å². The highest BCUT2D eigenvalue weighted by Gasteiger charge is 2.20. The Morgan fingerprint density at radius 3 is 2.40 bits per heavy atom. The van der Waals surface area contributed by atoms with Gasteiger partial charge >= 0.3 is 0 Å². The van der Waals surface area contributed by atoms with Gasteiger partial charge in [-0.1, -0.05) is 0 Å². The van der Waals surface area contributed by atoms with Crippen LogP contribution in [0.3, 0.4) is 0 Å². The summed E-state index contributed by atoms with van der Waals surface area (Å²) >= 11 is 0. The predicted octanol–water partition coefficient (Wildman–Crippen LogP) is 0.917. The Kier molecular flexibility index (Phi) is 2.46. The monoisotopic (exact) mass is 141 g/mol. The van der Waals surface area contributed by atoms with Crippen LogP contribution in [-0.2, 0) is 0 Å². The number of nitrogens with one attached hydrogen (secondary N) is 1. The van der Waals surface area contributed by atoms with Crippen LogP contribution in [0.5, 0.6) is 0 Å². The number of nitrogens with zero attached hydrogens (tertiary/aromatic N) is 1. The van der Waals surface area contributed by atoms with Gasteiger partial charge in [0, 0.05) is 6.54 Å². The summed E-state index contributed by atoms with van der Waals surface area (Å²) in [5, 5.41) is 3.36. The van der Waals surface area contributed by atoms with E-state index in [9.17, 15) is 0 Å². The summed E-state index contributed by atoms with van der Waals surface area (Å²) in [5.74, 6) is 0. The van der Waals surface area contributed by atoms with Crippen molar-refractivity contribution in [2.45, 2.75) is 13.8 Å². The molecule has 0 amide bonds. The largest absolute Gasteiger partial charge is 0.286 e. The molecule has 0 aromatic carbocycles. The molecule has 0 fully saturated rings. The molecule has 58 valence electrons. The maximum atomic E-state index is 3.36. The zero-order chi connectivity index (χ0) is 7.45. The molecule has 2 heteroatoms. The second-order valence-corrected chi connectivity index (χ2v) is 2.85. The van der Waals surface area contributed by atoms with Gasteiger partial charge in [0.2, 0.25) is 0 Å². The first-order chi connectivity index (χ1) is 4.83. The van der Waals surface area contributed by atoms with Crippen molar-refractivity contribution in [3.05, 3.63) is 12.3 Å². The third-order valence-corrected chi connectivity index (χ3v) is 2.37. The summed E-state index contributed by atoms with van der Waals surface area (Å²) in [6, 6.07) is 0. The molecule has 1 N–H and O–H groups in total. The van der Waals surface area contributed by atoms with Crippen molar-refractivity contribution >= 4 is 0 Å². The number of quaternary nitrogens is 1. The Balaban J connectivity index is 2.61. The molecular weight excluding hydrogens is 124 g/mol. The highest BCUT2D eigenvalue weighted by Crippen LogP contribution is 2.07. The van der Waals surface area contributed by atoms with E-state index in [4.69, 9.17) is 0 Å². The fraction of sp³-hybridized carbons (Fsp3) is 0.750. The summed E-state index contributed by atoms with van der Waals surface area (Å²) in [6.45, 7) is 9.01. The van der Waals surface area contributed by atoms with Gasteiger partial charge in [0.25, 0.3) is 0 Å². The van der Waals surface area contributed by atoms with E-state index in [0.717, 1.165) is 17.7 Å². The van der Waals surface area contributed by atoms with Gasteiger partial charge in [-0.25, -0.2) is 0 Å². The zero-order valence-corrected chi connectivity index (χ0v) is 6.93. The highest BCUT2D eigenvalue weighted by atomic mass is 15.4. The maximum Gasteiger partial charge on any atom is 0.137 e. The van der Waals surface area contributed by atoms with Crippen molar-refractivity contribution in [1.29, 1.82) is 0 Å². The van der Waals surface area contributed by atoms with Crippen LogP contribution >= 0.6 is 0 Å². The fourth-order valence-corrected chi connectivity index (χ4v) is 1.36. The minimum absolute atomic E-state index is 1.04.